The third-order valence-corrected chi connectivity index (χ3v) is 4.42. The summed E-state index contributed by atoms with van der Waals surface area (Å²) in [6.07, 6.45) is 6.71. The summed E-state index contributed by atoms with van der Waals surface area (Å²) in [7, 11) is 1.73. The van der Waals surface area contributed by atoms with E-state index >= 15 is 0 Å². The minimum atomic E-state index is -0.0791. The first-order valence-electron chi connectivity index (χ1n) is 5.60. The Hall–Kier alpha value is -1.53. The molecule has 6 heteroatoms. The van der Waals surface area contributed by atoms with Crippen LogP contribution in [0.4, 0.5) is 5.00 Å². The van der Waals surface area contributed by atoms with E-state index in [2.05, 4.69) is 25.9 Å². The van der Waals surface area contributed by atoms with Crippen LogP contribution in [0.1, 0.15) is 6.92 Å². The Kier molecular flexibility index (Phi) is 4.44. The summed E-state index contributed by atoms with van der Waals surface area (Å²) in [6.45, 7) is 1.81. The van der Waals surface area contributed by atoms with Crippen LogP contribution in [0.15, 0.2) is 41.3 Å². The van der Waals surface area contributed by atoms with E-state index in [-0.39, 0.29) is 5.91 Å². The van der Waals surface area contributed by atoms with Gasteiger partial charge in [-0.25, -0.2) is 4.98 Å². The lowest BCUT2D eigenvalue weighted by Gasteiger charge is -2.12. The molecule has 0 radical (unpaired) electrons. The Morgan fingerprint density at radius 1 is 1.53 bits per heavy atom. The van der Waals surface area contributed by atoms with Gasteiger partial charge in [0.15, 0.2) is 0 Å². The molecule has 0 aliphatic rings. The number of hydrogen-bond acceptors (Lipinski definition) is 4. The molecular formula is C13H12BrN3OS. The molecule has 0 fully saturated rings. The van der Waals surface area contributed by atoms with Gasteiger partial charge in [-0.05, 0) is 41.1 Å². The van der Waals surface area contributed by atoms with E-state index in [4.69, 9.17) is 0 Å². The maximum atomic E-state index is 11.8. The molecule has 19 heavy (non-hydrogen) atoms. The van der Waals surface area contributed by atoms with Crippen molar-refractivity contribution in [2.75, 3.05) is 11.9 Å². The molecule has 0 bridgehead atoms. The molecule has 2 rings (SSSR count). The molecule has 0 spiro atoms. The van der Waals surface area contributed by atoms with E-state index in [1.807, 2.05) is 19.1 Å². The van der Waals surface area contributed by atoms with Crippen LogP contribution in [0.5, 0.6) is 0 Å². The number of thiazole rings is 1. The van der Waals surface area contributed by atoms with E-state index in [0.717, 1.165) is 15.6 Å². The summed E-state index contributed by atoms with van der Waals surface area (Å²) in [5, 5.41) is 1.61. The molecule has 4 nitrogen and oxygen atoms in total. The van der Waals surface area contributed by atoms with Gasteiger partial charge >= 0.3 is 0 Å². The fraction of sp³-hybridized carbons (Fsp3) is 0.154. The summed E-state index contributed by atoms with van der Waals surface area (Å²) < 4.78 is 0.664. The summed E-state index contributed by atoms with van der Waals surface area (Å²) in [5.74, 6) is -0.0791. The maximum Gasteiger partial charge on any atom is 0.251 e. The topological polar surface area (TPSA) is 46.1 Å². The summed E-state index contributed by atoms with van der Waals surface area (Å²) in [6, 6.07) is 3.80. The van der Waals surface area contributed by atoms with Gasteiger partial charge in [-0.2, -0.15) is 0 Å². The highest BCUT2D eigenvalue weighted by Gasteiger charge is 2.17. The Bertz CT molecular complexity index is 610. The number of aromatic nitrogens is 2. The van der Waals surface area contributed by atoms with Crippen LogP contribution >= 0.6 is 27.3 Å². The number of carbonyl (C=O) groups is 1. The summed E-state index contributed by atoms with van der Waals surface area (Å²) >= 11 is 4.84. The lowest BCUT2D eigenvalue weighted by Crippen LogP contribution is -2.23. The van der Waals surface area contributed by atoms with Crippen LogP contribution in [-0.4, -0.2) is 22.9 Å². The van der Waals surface area contributed by atoms with Crippen molar-refractivity contribution in [2.45, 2.75) is 6.92 Å². The highest BCUT2D eigenvalue weighted by atomic mass is 79.9. The lowest BCUT2D eigenvalue weighted by molar-refractivity contribution is -0.113. The smallest absolute Gasteiger partial charge is 0.251 e. The molecule has 0 saturated heterocycles. The van der Waals surface area contributed by atoms with Crippen molar-refractivity contribution in [1.82, 2.24) is 9.97 Å². The van der Waals surface area contributed by atoms with E-state index < -0.39 is 0 Å². The second-order valence-corrected chi connectivity index (χ2v) is 5.48. The molecule has 0 saturated carbocycles. The fourth-order valence-corrected chi connectivity index (χ4v) is 3.19. The quantitative estimate of drug-likeness (QED) is 0.805. The number of anilines is 1. The zero-order valence-electron chi connectivity index (χ0n) is 10.5. The Morgan fingerprint density at radius 2 is 2.32 bits per heavy atom. The van der Waals surface area contributed by atoms with Gasteiger partial charge in [0.05, 0.1) is 0 Å². The number of allylic oxidation sites excluding steroid dienone is 1. The third kappa shape index (κ3) is 3.08. The van der Waals surface area contributed by atoms with Gasteiger partial charge in [-0.1, -0.05) is 17.4 Å². The highest BCUT2D eigenvalue weighted by Crippen LogP contribution is 2.37. The molecule has 2 heterocycles. The second kappa shape index (κ2) is 6.08. The van der Waals surface area contributed by atoms with Gasteiger partial charge in [-0.15, -0.1) is 0 Å². The van der Waals surface area contributed by atoms with Crippen LogP contribution < -0.4 is 4.90 Å². The van der Waals surface area contributed by atoms with Crippen LogP contribution in [-0.2, 0) is 4.79 Å². The number of hydrogen-bond donors (Lipinski definition) is 0. The van der Waals surface area contributed by atoms with Crippen molar-refractivity contribution in [3.63, 3.8) is 0 Å². The molecular weight excluding hydrogens is 326 g/mol. The molecule has 98 valence electrons. The second-order valence-electron chi connectivity index (χ2n) is 3.75. The van der Waals surface area contributed by atoms with Crippen LogP contribution in [0.2, 0.25) is 0 Å². The highest BCUT2D eigenvalue weighted by molar-refractivity contribution is 9.10. The lowest BCUT2D eigenvalue weighted by atomic mass is 10.3. The summed E-state index contributed by atoms with van der Waals surface area (Å²) in [5.41, 5.74) is 0.936. The normalized spacial score (nSPS) is 10.9. The van der Waals surface area contributed by atoms with Crippen LogP contribution in [0, 0.1) is 0 Å². The fourth-order valence-electron chi connectivity index (χ4n) is 1.47. The predicted molar refractivity (Wildman–Crippen MR) is 81.3 cm³/mol. The van der Waals surface area contributed by atoms with Crippen molar-refractivity contribution in [1.29, 1.82) is 0 Å². The molecule has 1 amide bonds. The van der Waals surface area contributed by atoms with Crippen LogP contribution in [0.25, 0.3) is 10.6 Å². The summed E-state index contributed by atoms with van der Waals surface area (Å²) in [4.78, 5) is 21.9. The molecule has 2 aromatic rings. The molecule has 0 aromatic carbocycles. The van der Waals surface area contributed by atoms with Crippen molar-refractivity contribution in [2.24, 2.45) is 0 Å². The number of pyridine rings is 1. The first kappa shape index (κ1) is 13.9. The number of amides is 1. The molecule has 0 atom stereocenters. The van der Waals surface area contributed by atoms with Gasteiger partial charge < -0.3 is 4.90 Å². The molecule has 0 unspecified atom stereocenters. The van der Waals surface area contributed by atoms with E-state index in [1.165, 1.54) is 17.4 Å². The average Bonchev–Trinajstić information content (AvgIpc) is 2.81. The number of carbonyl (C=O) groups excluding carboxylic acids is 1. The zero-order valence-corrected chi connectivity index (χ0v) is 12.9. The number of rotatable bonds is 3. The minimum absolute atomic E-state index is 0.0791. The number of halogens is 1. The first-order chi connectivity index (χ1) is 9.13. The van der Waals surface area contributed by atoms with Crippen molar-refractivity contribution in [3.05, 3.63) is 41.3 Å². The Balaban J connectivity index is 2.34. The zero-order chi connectivity index (χ0) is 13.8. The van der Waals surface area contributed by atoms with E-state index in [0.29, 0.717) is 4.60 Å². The monoisotopic (exact) mass is 337 g/mol. The number of likely N-dealkylation sites (N-methyl/N-ethyl adjacent to an activating group) is 1. The Morgan fingerprint density at radius 3 is 2.95 bits per heavy atom. The SMILES string of the molecule is C/C=C/C(=O)N(C)c1sc(-c2cccnc2)nc1Br. The van der Waals surface area contributed by atoms with E-state index in [1.54, 1.807) is 30.4 Å². The van der Waals surface area contributed by atoms with Gasteiger partial charge in [-0.3, -0.25) is 9.78 Å². The minimum Gasteiger partial charge on any atom is -0.301 e. The average molecular weight is 338 g/mol. The van der Waals surface area contributed by atoms with Crippen molar-refractivity contribution in [3.8, 4) is 10.6 Å². The number of nitrogens with zero attached hydrogens (tertiary/aromatic N) is 3. The molecule has 0 aliphatic heterocycles. The molecule has 0 N–H and O–H groups in total. The van der Waals surface area contributed by atoms with Gasteiger partial charge in [0, 0.05) is 25.0 Å². The maximum absolute atomic E-state index is 11.8. The van der Waals surface area contributed by atoms with E-state index in [9.17, 15) is 4.79 Å². The third-order valence-electron chi connectivity index (χ3n) is 2.42. The van der Waals surface area contributed by atoms with Crippen molar-refractivity contribution >= 4 is 38.2 Å². The van der Waals surface area contributed by atoms with Crippen molar-refractivity contribution < 1.29 is 4.79 Å². The van der Waals surface area contributed by atoms with Gasteiger partial charge in [0.25, 0.3) is 5.91 Å². The first-order valence-corrected chi connectivity index (χ1v) is 7.21. The standard InChI is InChI=1S/C13H12BrN3OS/c1-3-5-10(18)17(2)13-11(14)16-12(19-13)9-6-4-7-15-8-9/h3-8H,1-2H3/b5-3+. The molecule has 0 aliphatic carbocycles. The molecule has 2 aromatic heterocycles. The van der Waals surface area contributed by atoms with Gasteiger partial charge in [0.2, 0.25) is 0 Å². The van der Waals surface area contributed by atoms with Crippen LogP contribution in [0.3, 0.4) is 0 Å². The Labute approximate surface area is 123 Å². The van der Waals surface area contributed by atoms with Gasteiger partial charge in [0.1, 0.15) is 14.6 Å². The predicted octanol–water partition coefficient (Wildman–Crippen LogP) is 3.51. The largest absolute Gasteiger partial charge is 0.301 e.